The highest BCUT2D eigenvalue weighted by molar-refractivity contribution is 5.57. The average Bonchev–Trinajstić information content (AvgIpc) is 2.86. The fourth-order valence-corrected chi connectivity index (χ4v) is 1.83. The van der Waals surface area contributed by atoms with Crippen LogP contribution in [0.2, 0.25) is 0 Å². The minimum atomic E-state index is -0.0470. The Morgan fingerprint density at radius 2 is 1.82 bits per heavy atom. The summed E-state index contributed by atoms with van der Waals surface area (Å²) in [4.78, 5) is 0. The molecule has 0 radical (unpaired) electrons. The van der Waals surface area contributed by atoms with Crippen LogP contribution < -0.4 is 0 Å². The van der Waals surface area contributed by atoms with Crippen LogP contribution in [0.5, 0.6) is 0 Å². The number of rotatable bonds is 5. The van der Waals surface area contributed by atoms with Gasteiger partial charge in [-0.15, -0.1) is 0 Å². The zero-order chi connectivity index (χ0) is 12.1. The van der Waals surface area contributed by atoms with Crippen LogP contribution in [0.3, 0.4) is 0 Å². The zero-order valence-corrected chi connectivity index (χ0v) is 10.1. The predicted octanol–water partition coefficient (Wildman–Crippen LogP) is 3.78. The average molecular weight is 230 g/mol. The Labute approximate surface area is 102 Å². The van der Waals surface area contributed by atoms with Crippen LogP contribution in [0.4, 0.5) is 0 Å². The first-order valence-electron chi connectivity index (χ1n) is 6.12. The molecule has 2 heteroatoms. The van der Waals surface area contributed by atoms with Crippen molar-refractivity contribution in [3.8, 4) is 11.3 Å². The molecule has 0 saturated heterocycles. The van der Waals surface area contributed by atoms with Crippen molar-refractivity contribution < 1.29 is 9.52 Å². The van der Waals surface area contributed by atoms with Crippen molar-refractivity contribution in [1.29, 1.82) is 0 Å². The molecule has 0 aliphatic carbocycles. The van der Waals surface area contributed by atoms with Gasteiger partial charge in [0.05, 0.1) is 0 Å². The summed E-state index contributed by atoms with van der Waals surface area (Å²) in [7, 11) is 0. The van der Waals surface area contributed by atoms with E-state index in [1.54, 1.807) is 6.07 Å². The molecule has 2 rings (SSSR count). The molecule has 1 aromatic heterocycles. The maximum atomic E-state index is 8.95. The number of furan rings is 1. The van der Waals surface area contributed by atoms with Gasteiger partial charge in [-0.2, -0.15) is 0 Å². The molecule has 0 saturated carbocycles. The van der Waals surface area contributed by atoms with Crippen molar-refractivity contribution in [1.82, 2.24) is 0 Å². The molecule has 1 N–H and O–H groups in total. The van der Waals surface area contributed by atoms with Gasteiger partial charge in [0.25, 0.3) is 0 Å². The van der Waals surface area contributed by atoms with E-state index in [1.165, 1.54) is 18.4 Å². The fourth-order valence-electron chi connectivity index (χ4n) is 1.83. The molecule has 0 spiro atoms. The Bertz CT molecular complexity index is 454. The van der Waals surface area contributed by atoms with Gasteiger partial charge >= 0.3 is 0 Å². The lowest BCUT2D eigenvalue weighted by Crippen LogP contribution is -1.84. The van der Waals surface area contributed by atoms with Crippen molar-refractivity contribution >= 4 is 0 Å². The molecule has 17 heavy (non-hydrogen) atoms. The first-order chi connectivity index (χ1) is 8.33. The minimum absolute atomic E-state index is 0.0470. The highest BCUT2D eigenvalue weighted by atomic mass is 16.4. The number of aliphatic hydroxyl groups is 1. The lowest BCUT2D eigenvalue weighted by atomic mass is 10.1. The van der Waals surface area contributed by atoms with Crippen molar-refractivity contribution in [2.75, 3.05) is 0 Å². The molecular formula is C15H18O2. The summed E-state index contributed by atoms with van der Waals surface area (Å²) < 4.78 is 5.49. The summed E-state index contributed by atoms with van der Waals surface area (Å²) in [6.07, 6.45) is 3.59. The second kappa shape index (κ2) is 5.69. The van der Waals surface area contributed by atoms with Gasteiger partial charge in [0.15, 0.2) is 0 Å². The van der Waals surface area contributed by atoms with Gasteiger partial charge in [0, 0.05) is 5.56 Å². The SMILES string of the molecule is CCCCc1ccc(-c2ccc(CO)o2)cc1. The van der Waals surface area contributed by atoms with Crippen LogP contribution in [-0.4, -0.2) is 5.11 Å². The fraction of sp³-hybridized carbons (Fsp3) is 0.333. The van der Waals surface area contributed by atoms with Gasteiger partial charge in [-0.1, -0.05) is 37.6 Å². The van der Waals surface area contributed by atoms with Crippen molar-refractivity contribution in [3.05, 3.63) is 47.7 Å². The van der Waals surface area contributed by atoms with Gasteiger partial charge in [0.2, 0.25) is 0 Å². The molecule has 0 aliphatic rings. The maximum absolute atomic E-state index is 8.95. The molecule has 0 amide bonds. The van der Waals surface area contributed by atoms with E-state index in [9.17, 15) is 0 Å². The molecule has 1 heterocycles. The summed E-state index contributed by atoms with van der Waals surface area (Å²) in [5, 5.41) is 8.95. The van der Waals surface area contributed by atoms with E-state index in [2.05, 4.69) is 31.2 Å². The number of hydrogen-bond donors (Lipinski definition) is 1. The van der Waals surface area contributed by atoms with Gasteiger partial charge < -0.3 is 9.52 Å². The van der Waals surface area contributed by atoms with Crippen molar-refractivity contribution in [2.24, 2.45) is 0 Å². The Kier molecular flexibility index (Phi) is 3.99. The second-order valence-corrected chi connectivity index (χ2v) is 4.22. The Balaban J connectivity index is 2.11. The van der Waals surface area contributed by atoms with Crippen molar-refractivity contribution in [2.45, 2.75) is 32.8 Å². The van der Waals surface area contributed by atoms with E-state index in [0.717, 1.165) is 17.7 Å². The summed E-state index contributed by atoms with van der Waals surface area (Å²) in [6, 6.07) is 12.1. The Hall–Kier alpha value is -1.54. The highest BCUT2D eigenvalue weighted by Gasteiger charge is 2.03. The molecule has 0 aliphatic heterocycles. The molecule has 2 nitrogen and oxygen atoms in total. The molecular weight excluding hydrogens is 212 g/mol. The standard InChI is InChI=1S/C15H18O2/c1-2-3-4-12-5-7-13(8-6-12)15-10-9-14(11-16)17-15/h5-10,16H,2-4,11H2,1H3. The van der Waals surface area contributed by atoms with E-state index in [0.29, 0.717) is 5.76 Å². The minimum Gasteiger partial charge on any atom is -0.459 e. The lowest BCUT2D eigenvalue weighted by Gasteiger charge is -2.01. The summed E-state index contributed by atoms with van der Waals surface area (Å²) in [6.45, 7) is 2.15. The third-order valence-corrected chi connectivity index (χ3v) is 2.87. The Morgan fingerprint density at radius 1 is 1.06 bits per heavy atom. The molecule has 1 aromatic carbocycles. The zero-order valence-electron chi connectivity index (χ0n) is 10.1. The van der Waals surface area contributed by atoms with E-state index in [4.69, 9.17) is 9.52 Å². The van der Waals surface area contributed by atoms with E-state index in [-0.39, 0.29) is 6.61 Å². The van der Waals surface area contributed by atoms with Crippen LogP contribution in [0.1, 0.15) is 31.1 Å². The maximum Gasteiger partial charge on any atom is 0.134 e. The predicted molar refractivity (Wildman–Crippen MR) is 68.7 cm³/mol. The highest BCUT2D eigenvalue weighted by Crippen LogP contribution is 2.22. The summed E-state index contributed by atoms with van der Waals surface area (Å²) in [5.41, 5.74) is 2.43. The normalized spacial score (nSPS) is 10.7. The smallest absolute Gasteiger partial charge is 0.134 e. The number of aryl methyl sites for hydroxylation is 1. The molecule has 90 valence electrons. The number of aliphatic hydroxyl groups excluding tert-OH is 1. The number of hydrogen-bond acceptors (Lipinski definition) is 2. The third kappa shape index (κ3) is 2.98. The largest absolute Gasteiger partial charge is 0.459 e. The van der Waals surface area contributed by atoms with Crippen LogP contribution in [-0.2, 0) is 13.0 Å². The monoisotopic (exact) mass is 230 g/mol. The third-order valence-electron chi connectivity index (χ3n) is 2.87. The second-order valence-electron chi connectivity index (χ2n) is 4.22. The molecule has 0 atom stereocenters. The first-order valence-corrected chi connectivity index (χ1v) is 6.12. The summed E-state index contributed by atoms with van der Waals surface area (Å²) in [5.74, 6) is 1.42. The topological polar surface area (TPSA) is 33.4 Å². The van der Waals surface area contributed by atoms with Gasteiger partial charge in [-0.3, -0.25) is 0 Å². The van der Waals surface area contributed by atoms with Crippen LogP contribution >= 0.6 is 0 Å². The molecule has 2 aromatic rings. The molecule has 0 bridgehead atoms. The number of benzene rings is 1. The van der Waals surface area contributed by atoms with Crippen LogP contribution in [0.25, 0.3) is 11.3 Å². The molecule has 0 unspecified atom stereocenters. The van der Waals surface area contributed by atoms with E-state index < -0.39 is 0 Å². The molecule has 0 fully saturated rings. The van der Waals surface area contributed by atoms with Crippen LogP contribution in [0.15, 0.2) is 40.8 Å². The quantitative estimate of drug-likeness (QED) is 0.848. The lowest BCUT2D eigenvalue weighted by molar-refractivity contribution is 0.248. The number of unbranched alkanes of at least 4 members (excludes halogenated alkanes) is 1. The van der Waals surface area contributed by atoms with E-state index in [1.807, 2.05) is 6.07 Å². The van der Waals surface area contributed by atoms with Gasteiger partial charge in [-0.25, -0.2) is 0 Å². The van der Waals surface area contributed by atoms with Gasteiger partial charge in [0.1, 0.15) is 18.1 Å². The van der Waals surface area contributed by atoms with E-state index >= 15 is 0 Å². The Morgan fingerprint density at radius 3 is 2.41 bits per heavy atom. The summed E-state index contributed by atoms with van der Waals surface area (Å²) >= 11 is 0. The van der Waals surface area contributed by atoms with Crippen molar-refractivity contribution in [3.63, 3.8) is 0 Å². The first kappa shape index (κ1) is 11.9. The van der Waals surface area contributed by atoms with Crippen LogP contribution in [0, 0.1) is 0 Å². The van der Waals surface area contributed by atoms with Gasteiger partial charge in [-0.05, 0) is 30.5 Å².